The monoisotopic (exact) mass is 360 g/mol. The Labute approximate surface area is 147 Å². The number of imidazole rings is 1. The van der Waals surface area contributed by atoms with Crippen molar-refractivity contribution in [1.82, 2.24) is 19.8 Å². The van der Waals surface area contributed by atoms with E-state index in [-0.39, 0.29) is 11.9 Å². The first-order valence-electron chi connectivity index (χ1n) is 7.54. The van der Waals surface area contributed by atoms with E-state index in [0.717, 1.165) is 5.56 Å². The summed E-state index contributed by atoms with van der Waals surface area (Å²) in [4.78, 5) is 41.1. The molecule has 0 saturated carbocycles. The lowest BCUT2D eigenvalue weighted by atomic mass is 10.1. The van der Waals surface area contributed by atoms with Gasteiger partial charge in [0.05, 0.1) is 6.54 Å². The number of hydrogen-bond acceptors (Lipinski definition) is 5. The first kappa shape index (κ1) is 17.0. The van der Waals surface area contributed by atoms with Crippen LogP contribution in [-0.2, 0) is 9.59 Å². The van der Waals surface area contributed by atoms with Gasteiger partial charge in [-0.1, -0.05) is 30.3 Å². The standard InChI is InChI=1S/C16H16N4O4S/c21-13(8-18-16(24)19-7-6-17-10-19)20-12(15(22)23)9-25-14(20)11-4-2-1-3-5-11/h1-7,10,12,14H,8-9H2,(H,18,24)(H,22,23)/t12-,14+/m0/s1. The highest BCUT2D eigenvalue weighted by atomic mass is 32.2. The maximum Gasteiger partial charge on any atom is 0.327 e. The Morgan fingerprint density at radius 2 is 2.04 bits per heavy atom. The van der Waals surface area contributed by atoms with E-state index in [4.69, 9.17) is 0 Å². The van der Waals surface area contributed by atoms with Gasteiger partial charge in [-0.2, -0.15) is 0 Å². The van der Waals surface area contributed by atoms with E-state index in [1.807, 2.05) is 30.3 Å². The highest BCUT2D eigenvalue weighted by molar-refractivity contribution is 7.99. The van der Waals surface area contributed by atoms with Crippen molar-refractivity contribution in [2.24, 2.45) is 0 Å². The van der Waals surface area contributed by atoms with Crippen molar-refractivity contribution in [3.8, 4) is 0 Å². The first-order chi connectivity index (χ1) is 12.1. The maximum absolute atomic E-state index is 12.6. The number of aromatic nitrogens is 2. The molecule has 1 saturated heterocycles. The number of aliphatic carboxylic acids is 1. The van der Waals surface area contributed by atoms with Gasteiger partial charge in [-0.05, 0) is 5.56 Å². The Bertz CT molecular complexity index is 766. The molecule has 8 nitrogen and oxygen atoms in total. The number of carboxylic acid groups (broad SMARTS) is 1. The van der Waals surface area contributed by atoms with E-state index in [1.165, 1.54) is 39.9 Å². The van der Waals surface area contributed by atoms with Crippen LogP contribution in [0.2, 0.25) is 0 Å². The second-order valence-electron chi connectivity index (χ2n) is 5.38. The van der Waals surface area contributed by atoms with Gasteiger partial charge in [0.25, 0.3) is 0 Å². The van der Waals surface area contributed by atoms with Crippen molar-refractivity contribution in [2.75, 3.05) is 12.3 Å². The number of amides is 2. The molecule has 1 fully saturated rings. The minimum Gasteiger partial charge on any atom is -0.480 e. The predicted octanol–water partition coefficient (Wildman–Crippen LogP) is 1.17. The second-order valence-corrected chi connectivity index (χ2v) is 6.49. The molecule has 1 aliphatic rings. The van der Waals surface area contributed by atoms with Crippen LogP contribution in [0.4, 0.5) is 4.79 Å². The molecule has 0 aliphatic carbocycles. The molecule has 1 aliphatic heterocycles. The number of carboxylic acids is 1. The number of benzene rings is 1. The van der Waals surface area contributed by atoms with E-state index in [0.29, 0.717) is 5.75 Å². The van der Waals surface area contributed by atoms with Crippen LogP contribution >= 0.6 is 11.8 Å². The van der Waals surface area contributed by atoms with E-state index in [9.17, 15) is 19.5 Å². The van der Waals surface area contributed by atoms with Crippen LogP contribution in [0.25, 0.3) is 0 Å². The van der Waals surface area contributed by atoms with Gasteiger partial charge >= 0.3 is 12.0 Å². The summed E-state index contributed by atoms with van der Waals surface area (Å²) in [5.41, 5.74) is 0.852. The average Bonchev–Trinajstić information content (AvgIpc) is 3.29. The number of thioether (sulfide) groups is 1. The zero-order valence-corrected chi connectivity index (χ0v) is 13.9. The van der Waals surface area contributed by atoms with E-state index >= 15 is 0 Å². The molecule has 2 aromatic rings. The third-order valence-corrected chi connectivity index (χ3v) is 5.11. The fourth-order valence-corrected chi connectivity index (χ4v) is 4.03. The summed E-state index contributed by atoms with van der Waals surface area (Å²) < 4.78 is 1.20. The molecule has 0 unspecified atom stereocenters. The lowest BCUT2D eigenvalue weighted by Crippen LogP contribution is -2.47. The largest absolute Gasteiger partial charge is 0.480 e. The van der Waals surface area contributed by atoms with Crippen LogP contribution in [0.5, 0.6) is 0 Å². The maximum atomic E-state index is 12.6. The van der Waals surface area contributed by atoms with Gasteiger partial charge in [0.2, 0.25) is 5.91 Å². The summed E-state index contributed by atoms with van der Waals surface area (Å²) >= 11 is 1.40. The fourth-order valence-electron chi connectivity index (χ4n) is 2.59. The number of hydrogen-bond donors (Lipinski definition) is 2. The molecular weight excluding hydrogens is 344 g/mol. The van der Waals surface area contributed by atoms with Gasteiger partial charge in [0.1, 0.15) is 17.7 Å². The summed E-state index contributed by atoms with van der Waals surface area (Å²) in [6, 6.07) is 7.82. The summed E-state index contributed by atoms with van der Waals surface area (Å²) in [6.07, 6.45) is 4.22. The van der Waals surface area contributed by atoms with Gasteiger partial charge in [-0.15, -0.1) is 11.8 Å². The van der Waals surface area contributed by atoms with Crippen molar-refractivity contribution in [1.29, 1.82) is 0 Å². The quantitative estimate of drug-likeness (QED) is 0.848. The smallest absolute Gasteiger partial charge is 0.327 e. The molecule has 0 spiro atoms. The highest BCUT2D eigenvalue weighted by Crippen LogP contribution is 2.41. The molecular formula is C16H16N4O4S. The van der Waals surface area contributed by atoms with E-state index in [1.54, 1.807) is 0 Å². The number of carbonyl (C=O) groups excluding carboxylic acids is 2. The number of nitrogens with zero attached hydrogens (tertiary/aromatic N) is 3. The average molecular weight is 360 g/mol. The molecule has 1 aromatic heterocycles. The van der Waals surface area contributed by atoms with Gasteiger partial charge in [-0.3, -0.25) is 9.36 Å². The summed E-state index contributed by atoms with van der Waals surface area (Å²) in [5, 5.41) is 11.5. The highest BCUT2D eigenvalue weighted by Gasteiger charge is 2.42. The van der Waals surface area contributed by atoms with Crippen LogP contribution in [0.1, 0.15) is 10.9 Å². The van der Waals surface area contributed by atoms with Gasteiger partial charge in [0.15, 0.2) is 0 Å². The zero-order valence-electron chi connectivity index (χ0n) is 13.1. The fraction of sp³-hybridized carbons (Fsp3) is 0.250. The lowest BCUT2D eigenvalue weighted by molar-refractivity contribution is -0.148. The SMILES string of the molecule is O=C(O)[C@@H]1CS[C@H](c2ccccc2)N1C(=O)CNC(=O)n1ccnc1. The Kier molecular flexibility index (Phi) is 5.03. The summed E-state index contributed by atoms with van der Waals surface area (Å²) in [5.74, 6) is -1.20. The van der Waals surface area contributed by atoms with Crippen molar-refractivity contribution < 1.29 is 19.5 Å². The van der Waals surface area contributed by atoms with Crippen LogP contribution in [0.3, 0.4) is 0 Å². The topological polar surface area (TPSA) is 105 Å². The molecule has 2 amide bonds. The van der Waals surface area contributed by atoms with Crippen molar-refractivity contribution in [2.45, 2.75) is 11.4 Å². The minimum atomic E-state index is -1.06. The number of carbonyl (C=O) groups is 3. The first-order valence-corrected chi connectivity index (χ1v) is 8.59. The molecule has 25 heavy (non-hydrogen) atoms. The number of rotatable bonds is 4. The van der Waals surface area contributed by atoms with E-state index < -0.39 is 23.9 Å². The Morgan fingerprint density at radius 3 is 2.68 bits per heavy atom. The molecule has 9 heteroatoms. The van der Waals surface area contributed by atoms with Crippen LogP contribution < -0.4 is 5.32 Å². The molecule has 2 heterocycles. The summed E-state index contributed by atoms with van der Waals surface area (Å²) in [7, 11) is 0. The Hall–Kier alpha value is -2.81. The Balaban J connectivity index is 1.74. The predicted molar refractivity (Wildman–Crippen MR) is 90.9 cm³/mol. The van der Waals surface area contributed by atoms with Gasteiger partial charge in [-0.25, -0.2) is 14.6 Å². The number of nitrogens with one attached hydrogen (secondary N) is 1. The molecule has 2 atom stereocenters. The van der Waals surface area contributed by atoms with Crippen molar-refractivity contribution >= 4 is 29.7 Å². The molecule has 1 aromatic carbocycles. The van der Waals surface area contributed by atoms with Crippen LogP contribution in [-0.4, -0.2) is 55.8 Å². The third-order valence-electron chi connectivity index (χ3n) is 3.79. The van der Waals surface area contributed by atoms with E-state index in [2.05, 4.69) is 10.3 Å². The summed E-state index contributed by atoms with van der Waals surface area (Å²) in [6.45, 7) is -0.287. The molecule has 2 N–H and O–H groups in total. The molecule has 0 bridgehead atoms. The minimum absolute atomic E-state index is 0.287. The van der Waals surface area contributed by atoms with Crippen molar-refractivity contribution in [3.05, 3.63) is 54.6 Å². The molecule has 3 rings (SSSR count). The molecule has 0 radical (unpaired) electrons. The molecule has 130 valence electrons. The van der Waals surface area contributed by atoms with Gasteiger partial charge < -0.3 is 15.3 Å². The third kappa shape index (κ3) is 3.66. The van der Waals surface area contributed by atoms with Crippen LogP contribution in [0.15, 0.2) is 49.1 Å². The normalized spacial score (nSPS) is 19.6. The second kappa shape index (κ2) is 7.39. The van der Waals surface area contributed by atoms with Gasteiger partial charge in [0, 0.05) is 18.1 Å². The lowest BCUT2D eigenvalue weighted by Gasteiger charge is -2.27. The zero-order chi connectivity index (χ0) is 17.8. The Morgan fingerprint density at radius 1 is 1.28 bits per heavy atom. The van der Waals surface area contributed by atoms with Crippen molar-refractivity contribution in [3.63, 3.8) is 0 Å². The van der Waals surface area contributed by atoms with Crippen LogP contribution in [0, 0.1) is 0 Å².